The van der Waals surface area contributed by atoms with Crippen LogP contribution in [-0.4, -0.2) is 103 Å². The highest BCUT2D eigenvalue weighted by Gasteiger charge is 2.61. The third-order valence-electron chi connectivity index (χ3n) is 10.6. The molecule has 47 heavy (non-hydrogen) atoms. The number of rotatable bonds is 5. The molecule has 13 heteroatoms. The van der Waals surface area contributed by atoms with Crippen molar-refractivity contribution in [3.8, 4) is 11.5 Å². The number of allylic oxidation sites excluding steroid dienone is 2. The number of nitrogens with zero attached hydrogens (tertiary/aromatic N) is 3. The second-order valence-corrected chi connectivity index (χ2v) is 16.3. The standard InChI is InChI=1S/C34H43N3O9S/c1-35-10-6-4-2-3-5-7-24-16-34(24,31(39)21-47(42,43)26-8-9-26)17-28(38)27-15-25(20-37(27)32(35)40)46-33(41)36-18-22-13-29-30(14-23(22)19-36)45-12-11-44-29/h5,7,13-14,24-27H,2-4,6,8-12,15-21H2,1H3/b7-5-/t24-,25?,27+,34-/m1/s1. The summed E-state index contributed by atoms with van der Waals surface area (Å²) >= 11 is 0. The van der Waals surface area contributed by atoms with E-state index in [4.69, 9.17) is 14.2 Å². The first kappa shape index (κ1) is 32.0. The maximum absolute atomic E-state index is 14.1. The van der Waals surface area contributed by atoms with Gasteiger partial charge in [-0.05, 0) is 67.7 Å². The molecule has 4 atom stereocenters. The number of sulfone groups is 1. The molecule has 12 nitrogen and oxygen atoms in total. The van der Waals surface area contributed by atoms with Crippen molar-refractivity contribution in [1.29, 1.82) is 0 Å². The zero-order chi connectivity index (χ0) is 32.9. The Morgan fingerprint density at radius 1 is 1.02 bits per heavy atom. The summed E-state index contributed by atoms with van der Waals surface area (Å²) in [5.74, 6) is -0.155. The van der Waals surface area contributed by atoms with Crippen molar-refractivity contribution in [1.82, 2.24) is 14.7 Å². The molecule has 1 aromatic rings. The molecule has 4 aliphatic heterocycles. The van der Waals surface area contributed by atoms with Gasteiger partial charge in [0.2, 0.25) is 0 Å². The van der Waals surface area contributed by atoms with Crippen molar-refractivity contribution < 1.29 is 41.8 Å². The first-order chi connectivity index (χ1) is 22.5. The van der Waals surface area contributed by atoms with Crippen molar-refractivity contribution in [3.63, 3.8) is 0 Å². The average Bonchev–Trinajstić information content (AvgIpc) is 3.93. The smallest absolute Gasteiger partial charge is 0.410 e. The van der Waals surface area contributed by atoms with E-state index in [1.165, 1.54) is 4.90 Å². The van der Waals surface area contributed by atoms with E-state index in [-0.39, 0.29) is 37.1 Å². The molecule has 254 valence electrons. The number of hydrogen-bond acceptors (Lipinski definition) is 9. The Morgan fingerprint density at radius 3 is 2.40 bits per heavy atom. The summed E-state index contributed by atoms with van der Waals surface area (Å²) in [4.78, 5) is 59.5. The summed E-state index contributed by atoms with van der Waals surface area (Å²) in [6.45, 7) is 2.20. The normalized spacial score (nSPS) is 30.1. The predicted octanol–water partition coefficient (Wildman–Crippen LogP) is 3.65. The van der Waals surface area contributed by atoms with Crippen LogP contribution in [0.4, 0.5) is 9.59 Å². The Morgan fingerprint density at radius 2 is 1.72 bits per heavy atom. The third-order valence-corrected chi connectivity index (χ3v) is 12.7. The lowest BCUT2D eigenvalue weighted by Gasteiger charge is -2.29. The molecule has 1 aromatic carbocycles. The van der Waals surface area contributed by atoms with E-state index in [9.17, 15) is 27.6 Å². The SMILES string of the molecule is CN1CCCCC/C=C\[C@@H]2C[C@@]2(C(=O)CS(=O)(=O)C2CC2)CC(=O)[C@@H]2CC(OC(=O)N3Cc4cc5c(cc4C3)OCCO5)CN2C1=O. The maximum atomic E-state index is 14.1. The highest BCUT2D eigenvalue weighted by atomic mass is 32.2. The minimum Gasteiger partial charge on any atom is -0.486 e. The Bertz CT molecular complexity index is 1570. The molecule has 2 aliphatic carbocycles. The topological polar surface area (TPSA) is 140 Å². The van der Waals surface area contributed by atoms with E-state index >= 15 is 0 Å². The van der Waals surface area contributed by atoms with E-state index in [0.29, 0.717) is 63.6 Å². The van der Waals surface area contributed by atoms with Crippen LogP contribution in [0.1, 0.15) is 68.9 Å². The van der Waals surface area contributed by atoms with Crippen LogP contribution in [0.2, 0.25) is 0 Å². The summed E-state index contributed by atoms with van der Waals surface area (Å²) in [5.41, 5.74) is 0.812. The fourth-order valence-corrected chi connectivity index (χ4v) is 9.29. The van der Waals surface area contributed by atoms with Gasteiger partial charge in [-0.1, -0.05) is 18.6 Å². The molecule has 0 radical (unpaired) electrons. The molecule has 7 rings (SSSR count). The van der Waals surface area contributed by atoms with Gasteiger partial charge in [0.05, 0.1) is 17.8 Å². The van der Waals surface area contributed by atoms with Crippen molar-refractivity contribution in [2.45, 2.75) is 88.3 Å². The Kier molecular flexibility index (Phi) is 8.46. The molecule has 3 amide bonds. The number of carbonyl (C=O) groups excluding carboxylic acids is 4. The second kappa shape index (κ2) is 12.4. The molecule has 1 saturated heterocycles. The predicted molar refractivity (Wildman–Crippen MR) is 170 cm³/mol. The summed E-state index contributed by atoms with van der Waals surface area (Å²) in [7, 11) is -1.84. The van der Waals surface area contributed by atoms with Crippen LogP contribution in [0, 0.1) is 11.3 Å². The van der Waals surface area contributed by atoms with Gasteiger partial charge >= 0.3 is 12.1 Å². The number of urea groups is 1. The van der Waals surface area contributed by atoms with Crippen molar-refractivity contribution in [2.75, 3.05) is 39.1 Å². The number of hydrogen-bond donors (Lipinski definition) is 0. The number of amides is 3. The molecule has 2 saturated carbocycles. The van der Waals surface area contributed by atoms with Crippen LogP contribution in [0.15, 0.2) is 24.3 Å². The van der Waals surface area contributed by atoms with Gasteiger partial charge < -0.3 is 24.0 Å². The minimum absolute atomic E-state index is 0.0580. The lowest BCUT2D eigenvalue weighted by atomic mass is 9.89. The highest BCUT2D eigenvalue weighted by Crippen LogP contribution is 2.58. The van der Waals surface area contributed by atoms with E-state index in [0.717, 1.165) is 36.8 Å². The molecular formula is C34H43N3O9S. The molecule has 4 heterocycles. The summed E-state index contributed by atoms with van der Waals surface area (Å²) in [5, 5.41) is -0.460. The van der Waals surface area contributed by atoms with Crippen LogP contribution >= 0.6 is 0 Å². The van der Waals surface area contributed by atoms with Crippen molar-refractivity contribution in [2.24, 2.45) is 11.3 Å². The molecule has 0 spiro atoms. The Labute approximate surface area is 275 Å². The molecule has 0 N–H and O–H groups in total. The number of ketones is 2. The van der Waals surface area contributed by atoms with Gasteiger partial charge in [0.25, 0.3) is 0 Å². The highest BCUT2D eigenvalue weighted by molar-refractivity contribution is 7.93. The van der Waals surface area contributed by atoms with Gasteiger partial charge in [0.15, 0.2) is 32.9 Å². The van der Waals surface area contributed by atoms with Gasteiger partial charge in [-0.25, -0.2) is 18.0 Å². The first-order valence-corrected chi connectivity index (χ1v) is 18.6. The largest absolute Gasteiger partial charge is 0.486 e. The Balaban J connectivity index is 1.08. The zero-order valence-electron chi connectivity index (χ0n) is 26.9. The lowest BCUT2D eigenvalue weighted by Crippen LogP contribution is -2.48. The van der Waals surface area contributed by atoms with Gasteiger partial charge in [-0.3, -0.25) is 14.5 Å². The van der Waals surface area contributed by atoms with Crippen LogP contribution in [0.3, 0.4) is 0 Å². The molecule has 0 bridgehead atoms. The third kappa shape index (κ3) is 6.47. The van der Waals surface area contributed by atoms with E-state index in [1.54, 1.807) is 16.8 Å². The van der Waals surface area contributed by atoms with Crippen LogP contribution in [-0.2, 0) is 37.3 Å². The Hall–Kier alpha value is -3.61. The first-order valence-electron chi connectivity index (χ1n) is 16.9. The second-order valence-electron chi connectivity index (χ2n) is 14.1. The fourth-order valence-electron chi connectivity index (χ4n) is 7.55. The van der Waals surface area contributed by atoms with Gasteiger partial charge in [-0.2, -0.15) is 0 Å². The number of benzene rings is 1. The van der Waals surface area contributed by atoms with Crippen molar-refractivity contribution >= 4 is 33.5 Å². The summed E-state index contributed by atoms with van der Waals surface area (Å²) in [6, 6.07) is 2.58. The molecule has 1 unspecified atom stereocenters. The summed E-state index contributed by atoms with van der Waals surface area (Å²) < 4.78 is 42.9. The van der Waals surface area contributed by atoms with Gasteiger partial charge in [-0.15, -0.1) is 0 Å². The van der Waals surface area contributed by atoms with Crippen LogP contribution in [0.5, 0.6) is 11.5 Å². The molecule has 3 fully saturated rings. The number of ether oxygens (including phenoxy) is 3. The molecule has 6 aliphatic rings. The zero-order valence-corrected chi connectivity index (χ0v) is 27.7. The van der Waals surface area contributed by atoms with Gasteiger partial charge in [0, 0.05) is 44.9 Å². The lowest BCUT2D eigenvalue weighted by molar-refractivity contribution is -0.130. The van der Waals surface area contributed by atoms with Crippen molar-refractivity contribution in [3.05, 3.63) is 35.4 Å². The number of Topliss-reactive ketones (excluding diaryl/α,β-unsaturated/α-hetero) is 2. The molecule has 0 aromatic heterocycles. The number of fused-ring (bicyclic) bond motifs is 4. The fraction of sp³-hybridized carbons (Fsp3) is 0.647. The molecular weight excluding hydrogens is 626 g/mol. The average molecular weight is 670 g/mol. The van der Waals surface area contributed by atoms with Gasteiger partial charge in [0.1, 0.15) is 25.1 Å². The summed E-state index contributed by atoms with van der Waals surface area (Å²) in [6.07, 6.45) is 7.78. The van der Waals surface area contributed by atoms with E-state index < -0.39 is 50.3 Å². The number of carbonyl (C=O) groups is 4. The van der Waals surface area contributed by atoms with E-state index in [2.05, 4.69) is 0 Å². The van der Waals surface area contributed by atoms with Crippen LogP contribution in [0.25, 0.3) is 0 Å². The maximum Gasteiger partial charge on any atom is 0.410 e. The minimum atomic E-state index is -3.55. The monoisotopic (exact) mass is 669 g/mol. The quantitative estimate of drug-likeness (QED) is 0.430. The van der Waals surface area contributed by atoms with E-state index in [1.807, 2.05) is 24.3 Å². The van der Waals surface area contributed by atoms with Crippen LogP contribution < -0.4 is 9.47 Å².